The lowest BCUT2D eigenvalue weighted by atomic mass is 9.79. The van der Waals surface area contributed by atoms with Gasteiger partial charge in [0.15, 0.2) is 0 Å². The number of nitrogens with zero attached hydrogens (tertiary/aromatic N) is 1. The van der Waals surface area contributed by atoms with Crippen molar-refractivity contribution < 1.29 is 14.3 Å². The number of fused-ring (bicyclic) bond motifs is 1. The fourth-order valence-electron chi connectivity index (χ4n) is 5.20. The van der Waals surface area contributed by atoms with Crippen molar-refractivity contribution in [3.8, 4) is 11.1 Å². The summed E-state index contributed by atoms with van der Waals surface area (Å²) < 4.78 is 5.33. The molecule has 0 radical (unpaired) electrons. The van der Waals surface area contributed by atoms with Crippen LogP contribution in [0.15, 0.2) is 109 Å². The Hall–Kier alpha value is -4.22. The second-order valence-corrected chi connectivity index (χ2v) is 9.15. The molecule has 0 saturated carbocycles. The van der Waals surface area contributed by atoms with Crippen LogP contribution in [0.4, 0.5) is 0 Å². The van der Waals surface area contributed by atoms with E-state index in [9.17, 15) is 9.59 Å². The van der Waals surface area contributed by atoms with Gasteiger partial charge < -0.3 is 15.0 Å². The van der Waals surface area contributed by atoms with Gasteiger partial charge in [-0.15, -0.1) is 0 Å². The van der Waals surface area contributed by atoms with Crippen molar-refractivity contribution in [1.29, 1.82) is 0 Å². The molecule has 5 heteroatoms. The number of hydrogen-bond donors (Lipinski definition) is 1. The molecule has 0 bridgehead atoms. The third kappa shape index (κ3) is 5.04. The van der Waals surface area contributed by atoms with Crippen molar-refractivity contribution in [1.82, 2.24) is 10.2 Å². The molecule has 1 heterocycles. The number of hydrogen-bond acceptors (Lipinski definition) is 3. The number of benzene rings is 4. The molecular weight excluding hydrogens is 460 g/mol. The predicted octanol–water partition coefficient (Wildman–Crippen LogP) is 5.60. The molecule has 37 heavy (non-hydrogen) atoms. The Labute approximate surface area is 217 Å². The lowest BCUT2D eigenvalue weighted by Gasteiger charge is -2.41. The molecule has 5 nitrogen and oxygen atoms in total. The number of methoxy groups -OCH3 is 1. The van der Waals surface area contributed by atoms with E-state index in [-0.39, 0.29) is 11.8 Å². The number of nitrogens with one attached hydrogen (secondary N) is 1. The Bertz CT molecular complexity index is 1370. The van der Waals surface area contributed by atoms with Crippen molar-refractivity contribution in [2.75, 3.05) is 20.3 Å². The number of carbonyl (C=O) groups is 2. The number of carbonyl (C=O) groups excluding carboxylic acids is 2. The van der Waals surface area contributed by atoms with Crippen LogP contribution < -0.4 is 5.32 Å². The van der Waals surface area contributed by atoms with Gasteiger partial charge in [-0.25, -0.2) is 0 Å². The van der Waals surface area contributed by atoms with Gasteiger partial charge in [0, 0.05) is 25.8 Å². The van der Waals surface area contributed by atoms with E-state index in [1.807, 2.05) is 91.0 Å². The molecule has 2 unspecified atom stereocenters. The van der Waals surface area contributed by atoms with E-state index < -0.39 is 12.0 Å². The normalized spacial score (nSPS) is 16.8. The van der Waals surface area contributed by atoms with Gasteiger partial charge in [-0.2, -0.15) is 0 Å². The molecule has 2 amide bonds. The quantitative estimate of drug-likeness (QED) is 0.350. The zero-order valence-electron chi connectivity index (χ0n) is 20.8. The van der Waals surface area contributed by atoms with Crippen molar-refractivity contribution in [2.24, 2.45) is 0 Å². The standard InChI is InChI=1S/C32H30N2O3/c1-37-21-20-34-30(24-14-6-3-7-15-24)29(27-18-10-11-19-28(27)32(34)36)31(35)33-22-25-16-8-9-17-26(25)23-12-4-2-5-13-23/h2-19,29-30H,20-22H2,1H3,(H,33,35). The first-order valence-corrected chi connectivity index (χ1v) is 12.5. The molecule has 1 aliphatic rings. The smallest absolute Gasteiger partial charge is 0.254 e. The molecule has 2 atom stereocenters. The first-order valence-electron chi connectivity index (χ1n) is 12.5. The highest BCUT2D eigenvalue weighted by Gasteiger charge is 2.43. The molecule has 0 saturated heterocycles. The Morgan fingerprint density at radius 1 is 0.811 bits per heavy atom. The van der Waals surface area contributed by atoms with Gasteiger partial charge in [0.25, 0.3) is 5.91 Å². The van der Waals surface area contributed by atoms with Crippen LogP contribution in [-0.2, 0) is 16.1 Å². The molecule has 0 aliphatic carbocycles. The lowest BCUT2D eigenvalue weighted by molar-refractivity contribution is -0.124. The van der Waals surface area contributed by atoms with Crippen LogP contribution in [0.1, 0.15) is 39.0 Å². The maximum absolute atomic E-state index is 14.0. The average Bonchev–Trinajstić information content (AvgIpc) is 2.96. The minimum atomic E-state index is -0.558. The molecular formula is C32H30N2O3. The van der Waals surface area contributed by atoms with E-state index in [0.717, 1.165) is 27.8 Å². The Morgan fingerprint density at radius 3 is 2.16 bits per heavy atom. The Balaban J connectivity index is 1.51. The molecule has 1 N–H and O–H groups in total. The van der Waals surface area contributed by atoms with Crippen LogP contribution in [0.3, 0.4) is 0 Å². The van der Waals surface area contributed by atoms with Crippen LogP contribution in [0.5, 0.6) is 0 Å². The van der Waals surface area contributed by atoms with Crippen molar-refractivity contribution in [3.05, 3.63) is 131 Å². The SMILES string of the molecule is COCCN1C(=O)c2ccccc2C(C(=O)NCc2ccccc2-c2ccccc2)C1c1ccccc1. The number of rotatable bonds is 8. The number of ether oxygens (including phenoxy) is 1. The Morgan fingerprint density at radius 2 is 1.43 bits per heavy atom. The lowest BCUT2D eigenvalue weighted by Crippen LogP contribution is -2.48. The molecule has 4 aromatic rings. The minimum absolute atomic E-state index is 0.0834. The highest BCUT2D eigenvalue weighted by molar-refractivity contribution is 6.01. The first kappa shape index (κ1) is 24.5. The van der Waals surface area contributed by atoms with Crippen molar-refractivity contribution >= 4 is 11.8 Å². The molecule has 5 rings (SSSR count). The third-order valence-electron chi connectivity index (χ3n) is 6.95. The largest absolute Gasteiger partial charge is 0.383 e. The summed E-state index contributed by atoms with van der Waals surface area (Å²) in [5, 5.41) is 3.20. The van der Waals surface area contributed by atoms with Crippen molar-refractivity contribution in [3.63, 3.8) is 0 Å². The molecule has 4 aromatic carbocycles. The average molecular weight is 491 g/mol. The first-order chi connectivity index (χ1) is 18.2. The fourth-order valence-corrected chi connectivity index (χ4v) is 5.20. The summed E-state index contributed by atoms with van der Waals surface area (Å²) in [4.78, 5) is 29.4. The van der Waals surface area contributed by atoms with Crippen LogP contribution in [0.2, 0.25) is 0 Å². The van der Waals surface area contributed by atoms with Gasteiger partial charge in [-0.05, 0) is 33.9 Å². The molecule has 0 aromatic heterocycles. The molecule has 0 fully saturated rings. The third-order valence-corrected chi connectivity index (χ3v) is 6.95. The summed E-state index contributed by atoms with van der Waals surface area (Å²) in [5.74, 6) is -0.754. The predicted molar refractivity (Wildman–Crippen MR) is 145 cm³/mol. The maximum atomic E-state index is 14.0. The zero-order valence-corrected chi connectivity index (χ0v) is 20.8. The molecule has 1 aliphatic heterocycles. The molecule has 0 spiro atoms. The highest BCUT2D eigenvalue weighted by Crippen LogP contribution is 2.42. The summed E-state index contributed by atoms with van der Waals surface area (Å²) in [7, 11) is 1.62. The van der Waals surface area contributed by atoms with Gasteiger partial charge >= 0.3 is 0 Å². The maximum Gasteiger partial charge on any atom is 0.254 e. The van der Waals surface area contributed by atoms with E-state index in [1.54, 1.807) is 12.0 Å². The van der Waals surface area contributed by atoms with Gasteiger partial charge in [0.05, 0.1) is 18.6 Å². The summed E-state index contributed by atoms with van der Waals surface area (Å²) in [6, 6.07) is 35.1. The monoisotopic (exact) mass is 490 g/mol. The fraction of sp³-hybridized carbons (Fsp3) is 0.188. The van der Waals surface area contributed by atoms with E-state index in [1.165, 1.54) is 0 Å². The Kier molecular flexibility index (Phi) is 7.43. The highest BCUT2D eigenvalue weighted by atomic mass is 16.5. The second-order valence-electron chi connectivity index (χ2n) is 9.15. The topological polar surface area (TPSA) is 58.6 Å². The summed E-state index contributed by atoms with van der Waals surface area (Å²) in [6.45, 7) is 1.16. The molecule has 186 valence electrons. The van der Waals surface area contributed by atoms with Gasteiger partial charge in [-0.3, -0.25) is 9.59 Å². The van der Waals surface area contributed by atoms with E-state index in [4.69, 9.17) is 4.74 Å². The van der Waals surface area contributed by atoms with E-state index in [0.29, 0.717) is 25.3 Å². The summed E-state index contributed by atoms with van der Waals surface area (Å²) >= 11 is 0. The van der Waals surface area contributed by atoms with E-state index >= 15 is 0 Å². The van der Waals surface area contributed by atoms with Crippen LogP contribution in [0.25, 0.3) is 11.1 Å². The van der Waals surface area contributed by atoms with Gasteiger partial charge in [0.2, 0.25) is 5.91 Å². The summed E-state index contributed by atoms with van der Waals surface area (Å²) in [6.07, 6.45) is 0. The summed E-state index contributed by atoms with van der Waals surface area (Å²) in [5.41, 5.74) is 5.47. The van der Waals surface area contributed by atoms with Gasteiger partial charge in [-0.1, -0.05) is 103 Å². The van der Waals surface area contributed by atoms with E-state index in [2.05, 4.69) is 23.5 Å². The van der Waals surface area contributed by atoms with Crippen molar-refractivity contribution in [2.45, 2.75) is 18.5 Å². The zero-order chi connectivity index (χ0) is 25.6. The number of amides is 2. The van der Waals surface area contributed by atoms with Crippen LogP contribution in [0, 0.1) is 0 Å². The second kappa shape index (κ2) is 11.2. The van der Waals surface area contributed by atoms with Crippen LogP contribution >= 0.6 is 0 Å². The van der Waals surface area contributed by atoms with Gasteiger partial charge in [0.1, 0.15) is 0 Å². The minimum Gasteiger partial charge on any atom is -0.383 e. The van der Waals surface area contributed by atoms with Crippen LogP contribution in [-0.4, -0.2) is 37.0 Å².